The molecule has 0 aliphatic heterocycles. The number of carbonyl (C=O) groups excluding carboxylic acids is 1. The summed E-state index contributed by atoms with van der Waals surface area (Å²) in [6.07, 6.45) is 0. The molecule has 0 fully saturated rings. The lowest BCUT2D eigenvalue weighted by atomic mass is 10.0. The first-order valence-corrected chi connectivity index (χ1v) is 13.3. The van der Waals surface area contributed by atoms with Crippen molar-refractivity contribution in [2.24, 2.45) is 0 Å². The van der Waals surface area contributed by atoms with E-state index in [9.17, 15) is 13.2 Å². The van der Waals surface area contributed by atoms with Gasteiger partial charge in [-0.3, -0.25) is 14.4 Å². The molecule has 1 heterocycles. The quantitative estimate of drug-likeness (QED) is 0.335. The van der Waals surface area contributed by atoms with Gasteiger partial charge in [0.15, 0.2) is 4.34 Å². The van der Waals surface area contributed by atoms with Gasteiger partial charge in [-0.1, -0.05) is 81.1 Å². The average Bonchev–Trinajstić information content (AvgIpc) is 3.18. The third-order valence-electron chi connectivity index (χ3n) is 4.46. The molecule has 1 aromatic heterocycles. The van der Waals surface area contributed by atoms with E-state index in [-0.39, 0.29) is 11.4 Å². The number of amides is 1. The van der Waals surface area contributed by atoms with Gasteiger partial charge < -0.3 is 0 Å². The highest BCUT2D eigenvalue weighted by molar-refractivity contribution is 8.01. The van der Waals surface area contributed by atoms with E-state index in [1.54, 1.807) is 42.1 Å². The van der Waals surface area contributed by atoms with Crippen LogP contribution in [-0.2, 0) is 14.8 Å². The summed E-state index contributed by atoms with van der Waals surface area (Å²) in [7, 11) is -3.95. The predicted molar refractivity (Wildman–Crippen MR) is 131 cm³/mol. The van der Waals surface area contributed by atoms with Crippen molar-refractivity contribution in [3.05, 3.63) is 60.2 Å². The first kappa shape index (κ1) is 24.2. The van der Waals surface area contributed by atoms with Gasteiger partial charge in [-0.15, -0.1) is 10.2 Å². The number of nitrogens with zero attached hydrogens (tertiary/aromatic N) is 3. The van der Waals surface area contributed by atoms with E-state index in [1.165, 1.54) is 23.5 Å². The van der Waals surface area contributed by atoms with E-state index in [0.717, 1.165) is 14.2 Å². The van der Waals surface area contributed by atoms with Crippen LogP contribution >= 0.6 is 23.1 Å². The van der Waals surface area contributed by atoms with E-state index >= 15 is 0 Å². The zero-order chi connectivity index (χ0) is 23.3. The molecule has 3 aromatic rings. The summed E-state index contributed by atoms with van der Waals surface area (Å²) in [5, 5.41) is 11.4. The Kier molecular flexibility index (Phi) is 7.91. The second-order valence-corrected chi connectivity index (χ2v) is 12.3. The second-order valence-electron chi connectivity index (χ2n) is 7.66. The summed E-state index contributed by atoms with van der Waals surface area (Å²) in [6.45, 7) is 7.83. The molecule has 1 amide bonds. The summed E-state index contributed by atoms with van der Waals surface area (Å²) in [4.78, 5) is 12.9. The van der Waals surface area contributed by atoms with Crippen LogP contribution in [0, 0.1) is 0 Å². The zero-order valence-corrected chi connectivity index (χ0v) is 20.8. The van der Waals surface area contributed by atoms with Crippen molar-refractivity contribution in [3.63, 3.8) is 0 Å². The first-order chi connectivity index (χ1) is 15.2. The van der Waals surface area contributed by atoms with Gasteiger partial charge in [0.25, 0.3) is 10.0 Å². The molecular weight excluding hydrogens is 464 g/mol. The molecule has 0 bridgehead atoms. The summed E-state index contributed by atoms with van der Waals surface area (Å²) in [6, 6.07) is 15.3. The van der Waals surface area contributed by atoms with E-state index in [0.29, 0.717) is 22.0 Å². The van der Waals surface area contributed by atoms with Crippen molar-refractivity contribution in [2.45, 2.75) is 48.1 Å². The van der Waals surface area contributed by atoms with Gasteiger partial charge in [0.05, 0.1) is 10.6 Å². The minimum atomic E-state index is -3.95. The smallest absolute Gasteiger partial charge is 0.264 e. The molecule has 0 aliphatic rings. The Balaban J connectivity index is 1.87. The van der Waals surface area contributed by atoms with Crippen LogP contribution in [0.1, 0.15) is 39.2 Å². The molecule has 0 radical (unpaired) electrons. The van der Waals surface area contributed by atoms with Crippen LogP contribution in [0.15, 0.2) is 63.8 Å². The van der Waals surface area contributed by atoms with E-state index in [2.05, 4.69) is 29.4 Å². The third-order valence-corrected chi connectivity index (χ3v) is 8.17. The molecule has 0 saturated heterocycles. The molecule has 7 nitrogen and oxygen atoms in total. The Bertz CT molecular complexity index is 1140. The van der Waals surface area contributed by atoms with Gasteiger partial charge in [0, 0.05) is 5.25 Å². The van der Waals surface area contributed by atoms with Gasteiger partial charge >= 0.3 is 0 Å². The molecule has 3 rings (SSSR count). The Morgan fingerprint density at radius 3 is 2.28 bits per heavy atom. The minimum absolute atomic E-state index is 0.118. The van der Waals surface area contributed by atoms with Crippen LogP contribution in [0.25, 0.3) is 0 Å². The molecule has 0 atom stereocenters. The predicted octanol–water partition coefficient (Wildman–Crippen LogP) is 5.00. The number of benzene rings is 2. The Morgan fingerprint density at radius 2 is 1.69 bits per heavy atom. The lowest BCUT2D eigenvalue weighted by molar-refractivity contribution is -0.114. The molecule has 0 spiro atoms. The fraction of sp³-hybridized carbons (Fsp3) is 0.318. The SMILES string of the molecule is CC(C)Sc1nnc(NC(=O)CN(c2ccc(C(C)C)cc2)S(=O)(=O)c2ccccc2)s1. The van der Waals surface area contributed by atoms with Crippen LogP contribution in [0.5, 0.6) is 0 Å². The van der Waals surface area contributed by atoms with E-state index < -0.39 is 15.9 Å². The Labute approximate surface area is 197 Å². The van der Waals surface area contributed by atoms with Crippen LogP contribution in [-0.4, -0.2) is 36.3 Å². The van der Waals surface area contributed by atoms with Crippen LogP contribution < -0.4 is 9.62 Å². The van der Waals surface area contributed by atoms with Crippen LogP contribution in [0.3, 0.4) is 0 Å². The number of anilines is 2. The number of hydrogen-bond donors (Lipinski definition) is 1. The van der Waals surface area contributed by atoms with Crippen molar-refractivity contribution < 1.29 is 13.2 Å². The lowest BCUT2D eigenvalue weighted by Crippen LogP contribution is -2.38. The number of rotatable bonds is 9. The molecule has 1 N–H and O–H groups in total. The van der Waals surface area contributed by atoms with Crippen molar-refractivity contribution >= 4 is 49.8 Å². The number of sulfonamides is 1. The standard InChI is InChI=1S/C22H26N4O3S3/c1-15(2)17-10-12-18(13-11-17)26(32(28,29)19-8-6-5-7-9-19)14-20(27)23-21-24-25-22(31-21)30-16(3)4/h5-13,15-16H,14H2,1-4H3,(H,23,24,27). The third kappa shape index (κ3) is 6.08. The number of hydrogen-bond acceptors (Lipinski definition) is 7. The minimum Gasteiger partial charge on any atom is -0.299 e. The van der Waals surface area contributed by atoms with Crippen LogP contribution in [0.2, 0.25) is 0 Å². The number of thioether (sulfide) groups is 1. The van der Waals surface area contributed by atoms with Crippen molar-refractivity contribution in [1.82, 2.24) is 10.2 Å². The maximum absolute atomic E-state index is 13.4. The maximum Gasteiger partial charge on any atom is 0.264 e. The first-order valence-electron chi connectivity index (χ1n) is 10.1. The largest absolute Gasteiger partial charge is 0.299 e. The summed E-state index contributed by atoms with van der Waals surface area (Å²) < 4.78 is 28.6. The highest BCUT2D eigenvalue weighted by atomic mass is 32.2. The number of nitrogens with one attached hydrogen (secondary N) is 1. The van der Waals surface area contributed by atoms with Gasteiger partial charge in [-0.25, -0.2) is 8.42 Å². The fourth-order valence-electron chi connectivity index (χ4n) is 2.86. The maximum atomic E-state index is 13.4. The second kappa shape index (κ2) is 10.5. The topological polar surface area (TPSA) is 92.3 Å². The molecule has 32 heavy (non-hydrogen) atoms. The number of carbonyl (C=O) groups is 1. The highest BCUT2D eigenvalue weighted by Gasteiger charge is 2.27. The van der Waals surface area contributed by atoms with Gasteiger partial charge in [0.2, 0.25) is 11.0 Å². The molecule has 0 unspecified atom stereocenters. The Hall–Kier alpha value is -2.43. The molecule has 0 aliphatic carbocycles. The van der Waals surface area contributed by atoms with Crippen LogP contribution in [0.4, 0.5) is 10.8 Å². The lowest BCUT2D eigenvalue weighted by Gasteiger charge is -2.24. The number of aromatic nitrogens is 2. The summed E-state index contributed by atoms with van der Waals surface area (Å²) >= 11 is 2.81. The van der Waals surface area contributed by atoms with Gasteiger partial charge in [-0.05, 0) is 35.7 Å². The van der Waals surface area contributed by atoms with E-state index in [4.69, 9.17) is 0 Å². The fourth-order valence-corrected chi connectivity index (χ4v) is 6.29. The molecule has 0 saturated carbocycles. The monoisotopic (exact) mass is 490 g/mol. The summed E-state index contributed by atoms with van der Waals surface area (Å²) in [5.74, 6) is -0.184. The molecule has 2 aromatic carbocycles. The Morgan fingerprint density at radius 1 is 1.03 bits per heavy atom. The van der Waals surface area contributed by atoms with Crippen molar-refractivity contribution in [1.29, 1.82) is 0 Å². The highest BCUT2D eigenvalue weighted by Crippen LogP contribution is 2.29. The van der Waals surface area contributed by atoms with E-state index in [1.807, 2.05) is 26.0 Å². The molecular formula is C22H26N4O3S3. The molecule has 170 valence electrons. The normalized spacial score (nSPS) is 11.7. The van der Waals surface area contributed by atoms with Crippen molar-refractivity contribution in [2.75, 3.05) is 16.2 Å². The zero-order valence-electron chi connectivity index (χ0n) is 18.3. The summed E-state index contributed by atoms with van der Waals surface area (Å²) in [5.41, 5.74) is 1.50. The molecule has 10 heteroatoms. The van der Waals surface area contributed by atoms with Crippen molar-refractivity contribution in [3.8, 4) is 0 Å². The van der Waals surface area contributed by atoms with Gasteiger partial charge in [0.1, 0.15) is 6.54 Å². The van der Waals surface area contributed by atoms with Gasteiger partial charge in [-0.2, -0.15) is 0 Å². The average molecular weight is 491 g/mol.